The van der Waals surface area contributed by atoms with Crippen molar-refractivity contribution in [2.75, 3.05) is 4.90 Å². The molecule has 2 nitrogen and oxygen atoms in total. The maximum atomic E-state index is 7.43. The van der Waals surface area contributed by atoms with Gasteiger partial charge in [0.05, 0.1) is 5.69 Å². The quantitative estimate of drug-likeness (QED) is 0.159. The molecule has 0 radical (unpaired) electrons. The maximum Gasteiger partial charge on any atom is 0.159 e. The highest BCUT2D eigenvalue weighted by atomic mass is 16.5. The lowest BCUT2D eigenvalue weighted by Gasteiger charge is -2.28. The predicted molar refractivity (Wildman–Crippen MR) is 269 cm³/mol. The average molecular weight is 816 g/mol. The number of rotatable bonds is 7. The second-order valence-electron chi connectivity index (χ2n) is 16.5. The Bertz CT molecular complexity index is 3480. The van der Waals surface area contributed by atoms with E-state index in [2.05, 4.69) is 254 Å². The molecule has 64 heavy (non-hydrogen) atoms. The summed E-state index contributed by atoms with van der Waals surface area (Å²) in [7, 11) is 0. The molecule has 0 saturated carbocycles. The summed E-state index contributed by atoms with van der Waals surface area (Å²) in [5.74, 6) is 1.63. The fraction of sp³-hybridized carbons (Fsp3) is 0. The maximum absolute atomic E-state index is 7.43. The topological polar surface area (TPSA) is 12.5 Å². The first-order valence-electron chi connectivity index (χ1n) is 21.9. The van der Waals surface area contributed by atoms with Crippen molar-refractivity contribution in [3.05, 3.63) is 249 Å². The minimum atomic E-state index is 0.806. The average Bonchev–Trinajstić information content (AvgIpc) is 3.50. The van der Waals surface area contributed by atoms with Gasteiger partial charge < -0.3 is 9.64 Å². The molecule has 0 aliphatic carbocycles. The van der Waals surface area contributed by atoms with Crippen LogP contribution in [0.4, 0.5) is 17.1 Å². The molecule has 1 aliphatic heterocycles. The van der Waals surface area contributed by atoms with Crippen LogP contribution < -0.4 is 9.64 Å². The standard InChI is InChI=1S/C62H41NO/c1-3-13-42(14-4-1)44-25-27-45(28-26-44)47-31-36-53(37-32-47)63(52-34-29-46(30-35-52)43-15-5-2-6-16-43)60-24-12-23-57-59-40-50-19-8-7-18-49(50)39-58(59)56-38-33-51(41-61(56)64-62(57)60)55-22-11-20-48-17-9-10-21-54(48)55/h1-41H. The summed E-state index contributed by atoms with van der Waals surface area (Å²) in [6.45, 7) is 0. The minimum absolute atomic E-state index is 0.806. The minimum Gasteiger partial charge on any atom is -0.454 e. The molecule has 0 atom stereocenters. The summed E-state index contributed by atoms with van der Waals surface area (Å²) in [4.78, 5) is 2.34. The van der Waals surface area contributed by atoms with Crippen LogP contribution in [0.2, 0.25) is 0 Å². The van der Waals surface area contributed by atoms with Crippen molar-refractivity contribution in [3.8, 4) is 78.3 Å². The van der Waals surface area contributed by atoms with E-state index in [-0.39, 0.29) is 0 Å². The van der Waals surface area contributed by atoms with Crippen molar-refractivity contribution in [1.29, 1.82) is 0 Å². The molecule has 0 unspecified atom stereocenters. The van der Waals surface area contributed by atoms with Gasteiger partial charge in [-0.25, -0.2) is 0 Å². The van der Waals surface area contributed by atoms with Gasteiger partial charge in [-0.05, 0) is 132 Å². The first kappa shape index (κ1) is 37.3. The van der Waals surface area contributed by atoms with Crippen LogP contribution in [0.1, 0.15) is 0 Å². The molecule has 2 heteroatoms. The van der Waals surface area contributed by atoms with E-state index in [1.54, 1.807) is 0 Å². The fourth-order valence-corrected chi connectivity index (χ4v) is 9.44. The summed E-state index contributed by atoms with van der Waals surface area (Å²) in [6, 6.07) is 89.5. The third kappa shape index (κ3) is 6.70. The zero-order valence-corrected chi connectivity index (χ0v) is 35.0. The lowest BCUT2D eigenvalue weighted by Crippen LogP contribution is -2.11. The molecule has 1 heterocycles. The highest BCUT2D eigenvalue weighted by Gasteiger charge is 2.27. The molecule has 11 aromatic carbocycles. The first-order chi connectivity index (χ1) is 31.7. The molecule has 1 aliphatic rings. The lowest BCUT2D eigenvalue weighted by atomic mass is 9.90. The molecule has 0 aromatic heterocycles. The van der Waals surface area contributed by atoms with E-state index in [0.29, 0.717) is 0 Å². The van der Waals surface area contributed by atoms with Gasteiger partial charge in [0.15, 0.2) is 5.75 Å². The largest absolute Gasteiger partial charge is 0.454 e. The number of hydrogen-bond acceptors (Lipinski definition) is 2. The van der Waals surface area contributed by atoms with Crippen molar-refractivity contribution in [1.82, 2.24) is 0 Å². The molecule has 0 amide bonds. The molecule has 0 bridgehead atoms. The Morgan fingerprint density at radius 2 is 0.703 bits per heavy atom. The monoisotopic (exact) mass is 815 g/mol. The van der Waals surface area contributed by atoms with Crippen LogP contribution in [0, 0.1) is 0 Å². The Balaban J connectivity index is 1.03. The molecule has 0 N–H and O–H groups in total. The number of ether oxygens (including phenoxy) is 1. The predicted octanol–water partition coefficient (Wildman–Crippen LogP) is 17.6. The van der Waals surface area contributed by atoms with Crippen molar-refractivity contribution in [2.45, 2.75) is 0 Å². The van der Waals surface area contributed by atoms with Gasteiger partial charge in [-0.2, -0.15) is 0 Å². The summed E-state index contributed by atoms with van der Waals surface area (Å²) >= 11 is 0. The van der Waals surface area contributed by atoms with E-state index in [1.165, 1.54) is 49.4 Å². The van der Waals surface area contributed by atoms with E-state index in [0.717, 1.165) is 67.5 Å². The number of anilines is 3. The smallest absolute Gasteiger partial charge is 0.159 e. The van der Waals surface area contributed by atoms with Gasteiger partial charge in [-0.1, -0.05) is 194 Å². The van der Waals surface area contributed by atoms with Gasteiger partial charge >= 0.3 is 0 Å². The van der Waals surface area contributed by atoms with Gasteiger partial charge in [-0.15, -0.1) is 0 Å². The summed E-state index contributed by atoms with van der Waals surface area (Å²) in [6.07, 6.45) is 0. The number of nitrogens with zero attached hydrogens (tertiary/aromatic N) is 1. The Kier molecular flexibility index (Phi) is 9.20. The summed E-state index contributed by atoms with van der Waals surface area (Å²) in [5.41, 5.74) is 16.8. The SMILES string of the molecule is c1ccc(-c2ccc(-c3ccc(N(c4ccc(-c5ccccc5)cc4)c4cccc5c4Oc4cc(-c6cccc7ccccc67)ccc4-c4cc6ccccc6cc4-5)cc3)cc2)cc1. The third-order valence-electron chi connectivity index (χ3n) is 12.7. The van der Waals surface area contributed by atoms with Crippen molar-refractivity contribution < 1.29 is 4.74 Å². The second-order valence-corrected chi connectivity index (χ2v) is 16.5. The number of hydrogen-bond donors (Lipinski definition) is 0. The normalized spacial score (nSPS) is 11.6. The van der Waals surface area contributed by atoms with E-state index in [1.807, 2.05) is 0 Å². The van der Waals surface area contributed by atoms with Crippen LogP contribution in [0.25, 0.3) is 88.3 Å². The van der Waals surface area contributed by atoms with Gasteiger partial charge in [-0.3, -0.25) is 0 Å². The zero-order chi connectivity index (χ0) is 42.4. The van der Waals surface area contributed by atoms with Crippen LogP contribution >= 0.6 is 0 Å². The Labute approximate surface area is 373 Å². The molecule has 11 aromatic rings. The van der Waals surface area contributed by atoms with E-state index < -0.39 is 0 Å². The molecule has 12 rings (SSSR count). The number of para-hydroxylation sites is 1. The van der Waals surface area contributed by atoms with Crippen molar-refractivity contribution in [2.24, 2.45) is 0 Å². The van der Waals surface area contributed by atoms with Crippen LogP contribution in [0.15, 0.2) is 249 Å². The van der Waals surface area contributed by atoms with Crippen molar-refractivity contribution >= 4 is 38.6 Å². The first-order valence-corrected chi connectivity index (χ1v) is 21.9. The van der Waals surface area contributed by atoms with Crippen molar-refractivity contribution in [3.63, 3.8) is 0 Å². The molecule has 300 valence electrons. The van der Waals surface area contributed by atoms with Gasteiger partial charge in [0.25, 0.3) is 0 Å². The molecular weight excluding hydrogens is 775 g/mol. The summed E-state index contributed by atoms with van der Waals surface area (Å²) < 4.78 is 7.43. The summed E-state index contributed by atoms with van der Waals surface area (Å²) in [5, 5.41) is 4.81. The van der Waals surface area contributed by atoms with Gasteiger partial charge in [0, 0.05) is 22.5 Å². The third-order valence-corrected chi connectivity index (χ3v) is 12.7. The number of fused-ring (bicyclic) bond motifs is 7. The zero-order valence-electron chi connectivity index (χ0n) is 35.0. The van der Waals surface area contributed by atoms with Gasteiger partial charge in [0.2, 0.25) is 0 Å². The molecule has 0 fully saturated rings. The highest BCUT2D eigenvalue weighted by Crippen LogP contribution is 2.54. The molecule has 0 saturated heterocycles. The van der Waals surface area contributed by atoms with E-state index in [9.17, 15) is 0 Å². The molecule has 0 spiro atoms. The second kappa shape index (κ2) is 15.8. The molecular formula is C62H41NO. The highest BCUT2D eigenvalue weighted by molar-refractivity contribution is 6.03. The Morgan fingerprint density at radius 1 is 0.266 bits per heavy atom. The van der Waals surface area contributed by atoms with Crippen LogP contribution in [0.5, 0.6) is 11.5 Å². The van der Waals surface area contributed by atoms with Gasteiger partial charge in [0.1, 0.15) is 5.75 Å². The fourth-order valence-electron chi connectivity index (χ4n) is 9.44. The van der Waals surface area contributed by atoms with E-state index in [4.69, 9.17) is 4.74 Å². The van der Waals surface area contributed by atoms with Crippen LogP contribution in [-0.4, -0.2) is 0 Å². The number of benzene rings is 11. The van der Waals surface area contributed by atoms with E-state index >= 15 is 0 Å². The Hall–Kier alpha value is -8.46. The van der Waals surface area contributed by atoms with Crippen LogP contribution in [-0.2, 0) is 0 Å². The Morgan fingerprint density at radius 3 is 1.30 bits per heavy atom. The lowest BCUT2D eigenvalue weighted by molar-refractivity contribution is 0.489. The van der Waals surface area contributed by atoms with Crippen LogP contribution in [0.3, 0.4) is 0 Å².